The van der Waals surface area contributed by atoms with Gasteiger partial charge in [0.1, 0.15) is 5.01 Å². The van der Waals surface area contributed by atoms with Crippen molar-refractivity contribution < 1.29 is 0 Å². The molecule has 0 radical (unpaired) electrons. The fraction of sp³-hybridized carbons (Fsp3) is 0.556. The zero-order valence-electron chi connectivity index (χ0n) is 13.7. The Bertz CT molecular complexity index is 637. The van der Waals surface area contributed by atoms with Gasteiger partial charge < -0.3 is 4.90 Å². The molecule has 1 aliphatic carbocycles. The second-order valence-electron chi connectivity index (χ2n) is 6.66. The first kappa shape index (κ1) is 15.1. The monoisotopic (exact) mass is 328 g/mol. The largest absolute Gasteiger partial charge is 0.344 e. The van der Waals surface area contributed by atoms with Crippen molar-refractivity contribution in [3.63, 3.8) is 0 Å². The lowest BCUT2D eigenvalue weighted by Crippen LogP contribution is -2.52. The van der Waals surface area contributed by atoms with Crippen LogP contribution in [0.15, 0.2) is 30.3 Å². The number of hydrogen-bond donors (Lipinski definition) is 0. The van der Waals surface area contributed by atoms with E-state index in [1.54, 1.807) is 0 Å². The third-order valence-corrected chi connectivity index (χ3v) is 6.08. The number of hydrogen-bond acceptors (Lipinski definition) is 5. The molecule has 122 valence electrons. The molecular formula is C18H24N4S. The fourth-order valence-corrected chi connectivity index (χ4v) is 4.38. The van der Waals surface area contributed by atoms with E-state index in [-0.39, 0.29) is 0 Å². The first-order valence-electron chi connectivity index (χ1n) is 8.70. The van der Waals surface area contributed by atoms with Crippen LogP contribution < -0.4 is 4.90 Å². The molecule has 0 N–H and O–H groups in total. The Morgan fingerprint density at radius 2 is 1.96 bits per heavy atom. The van der Waals surface area contributed by atoms with Crippen LogP contribution in [0.2, 0.25) is 0 Å². The molecule has 0 spiro atoms. The van der Waals surface area contributed by atoms with Crippen molar-refractivity contribution in [2.24, 2.45) is 0 Å². The van der Waals surface area contributed by atoms with Crippen LogP contribution in [0.5, 0.6) is 0 Å². The van der Waals surface area contributed by atoms with Gasteiger partial charge in [0.2, 0.25) is 5.13 Å². The molecule has 23 heavy (non-hydrogen) atoms. The average Bonchev–Trinajstić information content (AvgIpc) is 3.33. The van der Waals surface area contributed by atoms with E-state index in [2.05, 4.69) is 57.3 Å². The standard InChI is InChI=1S/C18H24N4S/c1-2-16-13-22(18-20-19-17(23-18)15-8-9-15)11-10-21(16)12-14-6-4-3-5-7-14/h3-7,15-16H,2,8-13H2,1H3. The van der Waals surface area contributed by atoms with Gasteiger partial charge in [-0.15, -0.1) is 10.2 Å². The highest BCUT2D eigenvalue weighted by molar-refractivity contribution is 7.15. The van der Waals surface area contributed by atoms with Gasteiger partial charge in [0.25, 0.3) is 0 Å². The summed E-state index contributed by atoms with van der Waals surface area (Å²) in [5.41, 5.74) is 1.41. The van der Waals surface area contributed by atoms with Crippen LogP contribution in [0.1, 0.15) is 42.7 Å². The second-order valence-corrected chi connectivity index (χ2v) is 7.65. The van der Waals surface area contributed by atoms with Crippen molar-refractivity contribution in [1.29, 1.82) is 0 Å². The molecule has 1 atom stereocenters. The van der Waals surface area contributed by atoms with Gasteiger partial charge in [0.15, 0.2) is 0 Å². The van der Waals surface area contributed by atoms with Crippen molar-refractivity contribution in [3.05, 3.63) is 40.9 Å². The van der Waals surface area contributed by atoms with Crippen LogP contribution in [0.4, 0.5) is 5.13 Å². The van der Waals surface area contributed by atoms with Crippen LogP contribution in [-0.4, -0.2) is 40.8 Å². The zero-order chi connectivity index (χ0) is 15.6. The minimum absolute atomic E-state index is 0.595. The Balaban J connectivity index is 1.42. The van der Waals surface area contributed by atoms with E-state index in [1.807, 2.05) is 11.3 Å². The van der Waals surface area contributed by atoms with Gasteiger partial charge in [-0.1, -0.05) is 48.6 Å². The Kier molecular flexibility index (Phi) is 4.31. The van der Waals surface area contributed by atoms with Crippen LogP contribution in [0.3, 0.4) is 0 Å². The molecule has 2 aromatic rings. The fourth-order valence-electron chi connectivity index (χ4n) is 3.33. The quantitative estimate of drug-likeness (QED) is 0.841. The molecule has 1 saturated heterocycles. The van der Waals surface area contributed by atoms with E-state index in [1.165, 1.54) is 29.8 Å². The predicted octanol–water partition coefficient (Wildman–Crippen LogP) is 3.52. The summed E-state index contributed by atoms with van der Waals surface area (Å²) < 4.78 is 0. The maximum atomic E-state index is 4.45. The van der Waals surface area contributed by atoms with E-state index in [0.29, 0.717) is 12.0 Å². The SMILES string of the molecule is CCC1CN(c2nnc(C3CC3)s2)CCN1Cc1ccccc1. The molecule has 0 bridgehead atoms. The normalized spacial score (nSPS) is 22.5. The molecule has 1 aliphatic heterocycles. The number of aromatic nitrogens is 2. The summed E-state index contributed by atoms with van der Waals surface area (Å²) in [6.07, 6.45) is 3.78. The number of rotatable bonds is 5. The molecule has 2 fully saturated rings. The molecule has 1 saturated carbocycles. The summed E-state index contributed by atoms with van der Waals surface area (Å²) in [5.74, 6) is 0.711. The smallest absolute Gasteiger partial charge is 0.208 e. The first-order valence-corrected chi connectivity index (χ1v) is 9.51. The van der Waals surface area contributed by atoms with Crippen LogP contribution in [0, 0.1) is 0 Å². The van der Waals surface area contributed by atoms with Gasteiger partial charge >= 0.3 is 0 Å². The summed E-state index contributed by atoms with van der Waals surface area (Å²) in [5, 5.41) is 11.2. The predicted molar refractivity (Wildman–Crippen MR) is 95.0 cm³/mol. The molecule has 1 unspecified atom stereocenters. The number of benzene rings is 1. The molecule has 5 heteroatoms. The summed E-state index contributed by atoms with van der Waals surface area (Å²) in [4.78, 5) is 5.06. The number of anilines is 1. The van der Waals surface area contributed by atoms with Gasteiger partial charge in [-0.05, 0) is 24.8 Å². The lowest BCUT2D eigenvalue weighted by Gasteiger charge is -2.41. The van der Waals surface area contributed by atoms with E-state index in [4.69, 9.17) is 0 Å². The van der Waals surface area contributed by atoms with Gasteiger partial charge in [-0.2, -0.15) is 0 Å². The van der Waals surface area contributed by atoms with Gasteiger partial charge in [0, 0.05) is 38.1 Å². The van der Waals surface area contributed by atoms with Crippen molar-refractivity contribution in [3.8, 4) is 0 Å². The topological polar surface area (TPSA) is 32.3 Å². The van der Waals surface area contributed by atoms with Crippen molar-refractivity contribution >= 4 is 16.5 Å². The van der Waals surface area contributed by atoms with E-state index < -0.39 is 0 Å². The van der Waals surface area contributed by atoms with Gasteiger partial charge in [-0.25, -0.2) is 0 Å². The van der Waals surface area contributed by atoms with E-state index in [9.17, 15) is 0 Å². The first-order chi connectivity index (χ1) is 11.3. The highest BCUT2D eigenvalue weighted by Crippen LogP contribution is 2.42. The molecule has 4 nitrogen and oxygen atoms in total. The number of nitrogens with zero attached hydrogens (tertiary/aromatic N) is 4. The van der Waals surface area contributed by atoms with Crippen molar-refractivity contribution in [2.75, 3.05) is 24.5 Å². The van der Waals surface area contributed by atoms with E-state index >= 15 is 0 Å². The lowest BCUT2D eigenvalue weighted by atomic mass is 10.1. The maximum absolute atomic E-state index is 4.45. The van der Waals surface area contributed by atoms with Crippen LogP contribution in [0.25, 0.3) is 0 Å². The minimum atomic E-state index is 0.595. The lowest BCUT2D eigenvalue weighted by molar-refractivity contribution is 0.163. The van der Waals surface area contributed by atoms with Crippen LogP contribution >= 0.6 is 11.3 Å². The molecule has 1 aromatic carbocycles. The van der Waals surface area contributed by atoms with Crippen molar-refractivity contribution in [2.45, 2.75) is 44.7 Å². The van der Waals surface area contributed by atoms with Gasteiger partial charge in [0.05, 0.1) is 0 Å². The summed E-state index contributed by atoms with van der Waals surface area (Å²) >= 11 is 1.81. The highest BCUT2D eigenvalue weighted by Gasteiger charge is 2.31. The summed E-state index contributed by atoms with van der Waals surface area (Å²) in [7, 11) is 0. The molecule has 2 heterocycles. The Morgan fingerprint density at radius 3 is 2.70 bits per heavy atom. The van der Waals surface area contributed by atoms with Crippen LogP contribution in [-0.2, 0) is 6.54 Å². The molecule has 0 amide bonds. The average molecular weight is 328 g/mol. The zero-order valence-corrected chi connectivity index (χ0v) is 14.5. The molecule has 2 aliphatic rings. The third-order valence-electron chi connectivity index (χ3n) is 4.93. The van der Waals surface area contributed by atoms with E-state index in [0.717, 1.165) is 31.3 Å². The summed E-state index contributed by atoms with van der Waals surface area (Å²) in [6, 6.07) is 11.4. The highest BCUT2D eigenvalue weighted by atomic mass is 32.1. The Labute approximate surface area is 142 Å². The maximum Gasteiger partial charge on any atom is 0.208 e. The minimum Gasteiger partial charge on any atom is -0.344 e. The van der Waals surface area contributed by atoms with Crippen molar-refractivity contribution in [1.82, 2.24) is 15.1 Å². The summed E-state index contributed by atoms with van der Waals surface area (Å²) in [6.45, 7) is 6.58. The third kappa shape index (κ3) is 3.40. The Morgan fingerprint density at radius 1 is 1.13 bits per heavy atom. The molecule has 1 aromatic heterocycles. The number of piperazine rings is 1. The molecular weight excluding hydrogens is 304 g/mol. The Hall–Kier alpha value is -1.46. The van der Waals surface area contributed by atoms with Gasteiger partial charge in [-0.3, -0.25) is 4.90 Å². The second kappa shape index (κ2) is 6.57. The molecule has 4 rings (SSSR count).